The molecule has 0 aromatic rings. The van der Waals surface area contributed by atoms with Crippen molar-refractivity contribution in [3.8, 4) is 0 Å². The molecule has 0 amide bonds. The number of allylic oxidation sites excluding steroid dienone is 3. The average molecular weight is 280 g/mol. The van der Waals surface area contributed by atoms with Crippen LogP contribution in [0.15, 0.2) is 23.3 Å². The molecular weight excluding hydrogens is 252 g/mol. The van der Waals surface area contributed by atoms with Crippen LogP contribution in [-0.4, -0.2) is 24.8 Å². The molecule has 0 aromatic heterocycles. The van der Waals surface area contributed by atoms with Gasteiger partial charge in [0.05, 0.1) is 18.8 Å². The van der Waals surface area contributed by atoms with E-state index in [-0.39, 0.29) is 11.6 Å². The van der Waals surface area contributed by atoms with Crippen molar-refractivity contribution < 1.29 is 14.3 Å². The second-order valence-electron chi connectivity index (χ2n) is 5.91. The van der Waals surface area contributed by atoms with Crippen LogP contribution in [0.4, 0.5) is 0 Å². The third kappa shape index (κ3) is 5.49. The molecule has 0 aliphatic carbocycles. The van der Waals surface area contributed by atoms with E-state index in [9.17, 15) is 4.79 Å². The van der Waals surface area contributed by atoms with Crippen molar-refractivity contribution >= 4 is 5.97 Å². The highest BCUT2D eigenvalue weighted by Gasteiger charge is 2.49. The Morgan fingerprint density at radius 1 is 1.30 bits per heavy atom. The number of epoxide rings is 1. The molecule has 0 aromatic carbocycles. The fourth-order valence-corrected chi connectivity index (χ4v) is 2.31. The van der Waals surface area contributed by atoms with Crippen LogP contribution in [0.1, 0.15) is 59.8 Å². The van der Waals surface area contributed by atoms with Gasteiger partial charge in [0.1, 0.15) is 0 Å². The number of carbonyl (C=O) groups is 1. The SMILES string of the molecule is CC[C@@]1(C)O[C@H]1CCC(C)=CCCC(C)=CC(=O)OC. The van der Waals surface area contributed by atoms with Crippen LogP contribution in [0.2, 0.25) is 0 Å². The molecule has 0 N–H and O–H groups in total. The molecule has 1 rings (SSSR count). The van der Waals surface area contributed by atoms with Crippen molar-refractivity contribution in [2.75, 3.05) is 7.11 Å². The van der Waals surface area contributed by atoms with Crippen molar-refractivity contribution in [3.05, 3.63) is 23.3 Å². The lowest BCUT2D eigenvalue weighted by Gasteiger charge is -2.03. The summed E-state index contributed by atoms with van der Waals surface area (Å²) < 4.78 is 10.3. The highest BCUT2D eigenvalue weighted by molar-refractivity contribution is 5.82. The van der Waals surface area contributed by atoms with E-state index in [1.807, 2.05) is 6.92 Å². The van der Waals surface area contributed by atoms with Crippen molar-refractivity contribution in [2.45, 2.75) is 71.5 Å². The average Bonchev–Trinajstić information content (AvgIpc) is 3.08. The number of hydrogen-bond donors (Lipinski definition) is 0. The molecule has 2 atom stereocenters. The summed E-state index contributed by atoms with van der Waals surface area (Å²) in [5.74, 6) is -0.270. The first-order chi connectivity index (χ1) is 9.41. The molecule has 0 unspecified atom stereocenters. The summed E-state index contributed by atoms with van der Waals surface area (Å²) in [6.45, 7) is 8.51. The van der Waals surface area contributed by atoms with Gasteiger partial charge in [0.2, 0.25) is 0 Å². The summed E-state index contributed by atoms with van der Waals surface area (Å²) in [6, 6.07) is 0. The van der Waals surface area contributed by atoms with E-state index >= 15 is 0 Å². The van der Waals surface area contributed by atoms with Gasteiger partial charge in [0, 0.05) is 6.08 Å². The van der Waals surface area contributed by atoms with Crippen molar-refractivity contribution in [2.24, 2.45) is 0 Å². The van der Waals surface area contributed by atoms with Gasteiger partial charge in [0.25, 0.3) is 0 Å². The second-order valence-corrected chi connectivity index (χ2v) is 5.91. The van der Waals surface area contributed by atoms with Gasteiger partial charge in [-0.2, -0.15) is 0 Å². The van der Waals surface area contributed by atoms with Crippen molar-refractivity contribution in [1.82, 2.24) is 0 Å². The van der Waals surface area contributed by atoms with Gasteiger partial charge in [0.15, 0.2) is 0 Å². The number of hydrogen-bond acceptors (Lipinski definition) is 3. The van der Waals surface area contributed by atoms with Crippen LogP contribution in [0.25, 0.3) is 0 Å². The van der Waals surface area contributed by atoms with E-state index in [4.69, 9.17) is 4.74 Å². The monoisotopic (exact) mass is 280 g/mol. The van der Waals surface area contributed by atoms with E-state index in [1.54, 1.807) is 6.08 Å². The van der Waals surface area contributed by atoms with E-state index in [0.717, 1.165) is 37.7 Å². The molecule has 20 heavy (non-hydrogen) atoms. The maximum atomic E-state index is 11.1. The fraction of sp³-hybridized carbons (Fsp3) is 0.706. The molecule has 114 valence electrons. The Balaban J connectivity index is 2.22. The van der Waals surface area contributed by atoms with Gasteiger partial charge >= 0.3 is 5.97 Å². The molecule has 1 fully saturated rings. The number of rotatable bonds is 8. The number of methoxy groups -OCH3 is 1. The van der Waals surface area contributed by atoms with Crippen LogP contribution < -0.4 is 0 Å². The van der Waals surface area contributed by atoms with Crippen LogP contribution >= 0.6 is 0 Å². The lowest BCUT2D eigenvalue weighted by atomic mass is 9.99. The second kappa shape index (κ2) is 7.63. The highest BCUT2D eigenvalue weighted by atomic mass is 16.6. The zero-order chi connectivity index (χ0) is 15.2. The lowest BCUT2D eigenvalue weighted by molar-refractivity contribution is -0.134. The van der Waals surface area contributed by atoms with Crippen LogP contribution in [-0.2, 0) is 14.3 Å². The highest BCUT2D eigenvalue weighted by Crippen LogP contribution is 2.42. The quantitative estimate of drug-likeness (QED) is 0.290. The lowest BCUT2D eigenvalue weighted by Crippen LogP contribution is -2.07. The molecule has 1 heterocycles. The molecule has 0 saturated carbocycles. The normalized spacial score (nSPS) is 26.6. The smallest absolute Gasteiger partial charge is 0.330 e. The number of esters is 1. The first kappa shape index (κ1) is 17.0. The number of ether oxygens (including phenoxy) is 2. The first-order valence-corrected chi connectivity index (χ1v) is 7.50. The zero-order valence-corrected chi connectivity index (χ0v) is 13.5. The Hall–Kier alpha value is -1.09. The Morgan fingerprint density at radius 2 is 2.00 bits per heavy atom. The third-order valence-corrected chi connectivity index (χ3v) is 4.14. The van der Waals surface area contributed by atoms with E-state index in [1.165, 1.54) is 12.7 Å². The molecule has 3 nitrogen and oxygen atoms in total. The van der Waals surface area contributed by atoms with Gasteiger partial charge in [-0.15, -0.1) is 0 Å². The standard InChI is InChI=1S/C17H28O3/c1-6-17(4)15(20-17)11-10-13(2)8-7-9-14(3)12-16(18)19-5/h8,12,15H,6-7,9-11H2,1-5H3/t15-,17+/m0/s1. The van der Waals surface area contributed by atoms with Gasteiger partial charge in [-0.3, -0.25) is 0 Å². The molecule has 0 spiro atoms. The predicted molar refractivity (Wildman–Crippen MR) is 81.6 cm³/mol. The van der Waals surface area contributed by atoms with Gasteiger partial charge in [-0.25, -0.2) is 4.79 Å². The minimum absolute atomic E-state index is 0.139. The minimum atomic E-state index is -0.270. The van der Waals surface area contributed by atoms with Crippen LogP contribution in [0, 0.1) is 0 Å². The molecule has 3 heteroatoms. The fourth-order valence-electron chi connectivity index (χ4n) is 2.31. The largest absolute Gasteiger partial charge is 0.466 e. The minimum Gasteiger partial charge on any atom is -0.466 e. The molecule has 1 aliphatic rings. The third-order valence-electron chi connectivity index (χ3n) is 4.14. The van der Waals surface area contributed by atoms with Crippen LogP contribution in [0.3, 0.4) is 0 Å². The Morgan fingerprint density at radius 3 is 2.55 bits per heavy atom. The summed E-state index contributed by atoms with van der Waals surface area (Å²) >= 11 is 0. The van der Waals surface area contributed by atoms with Crippen LogP contribution in [0.5, 0.6) is 0 Å². The Bertz CT molecular complexity index is 395. The maximum absolute atomic E-state index is 11.1. The molecular formula is C17H28O3. The summed E-state index contributed by atoms with van der Waals surface area (Å²) in [6.07, 6.45) is 9.45. The summed E-state index contributed by atoms with van der Waals surface area (Å²) in [7, 11) is 1.40. The summed E-state index contributed by atoms with van der Waals surface area (Å²) in [5.41, 5.74) is 2.61. The summed E-state index contributed by atoms with van der Waals surface area (Å²) in [4.78, 5) is 11.1. The predicted octanol–water partition coefficient (Wildman–Crippen LogP) is 4.18. The molecule has 1 saturated heterocycles. The Labute approximate surface area is 123 Å². The molecule has 0 bridgehead atoms. The van der Waals surface area contributed by atoms with Crippen molar-refractivity contribution in [1.29, 1.82) is 0 Å². The maximum Gasteiger partial charge on any atom is 0.330 e. The topological polar surface area (TPSA) is 38.8 Å². The van der Waals surface area contributed by atoms with E-state index in [2.05, 4.69) is 31.6 Å². The Kier molecular flexibility index (Phi) is 6.47. The summed E-state index contributed by atoms with van der Waals surface area (Å²) in [5, 5.41) is 0. The van der Waals surface area contributed by atoms with Gasteiger partial charge < -0.3 is 9.47 Å². The van der Waals surface area contributed by atoms with Gasteiger partial charge in [-0.1, -0.05) is 24.1 Å². The first-order valence-electron chi connectivity index (χ1n) is 7.50. The van der Waals surface area contributed by atoms with Crippen molar-refractivity contribution in [3.63, 3.8) is 0 Å². The van der Waals surface area contributed by atoms with E-state index < -0.39 is 0 Å². The number of carbonyl (C=O) groups excluding carboxylic acids is 1. The molecule has 1 aliphatic heterocycles. The van der Waals surface area contributed by atoms with Gasteiger partial charge in [-0.05, 0) is 52.9 Å². The molecule has 0 radical (unpaired) electrons. The van der Waals surface area contributed by atoms with E-state index in [0.29, 0.717) is 6.10 Å². The zero-order valence-electron chi connectivity index (χ0n) is 13.5.